The van der Waals surface area contributed by atoms with Crippen LogP contribution in [0.4, 0.5) is 10.1 Å². The average Bonchev–Trinajstić information content (AvgIpc) is 2.74. The zero-order valence-corrected chi connectivity index (χ0v) is 17.0. The Kier molecular flexibility index (Phi) is 6.39. The number of hydrogen-bond donors (Lipinski definition) is 1. The van der Waals surface area contributed by atoms with E-state index in [9.17, 15) is 17.6 Å². The molecule has 0 aliphatic carbocycles. The quantitative estimate of drug-likeness (QED) is 0.774. The maximum atomic E-state index is 13.1. The standard InChI is InChI=1S/C20H23FN2O5S/c1-27-16-7-10-19(28-2)18(12-16)22-20(24)14-4-3-11-23(13-14)29(25,26)17-8-5-15(21)6-9-17/h5-10,12,14H,3-4,11,13H2,1-2H3,(H,22,24)/t14-/m1/s1. The Hall–Kier alpha value is -2.65. The third-order valence-electron chi connectivity index (χ3n) is 4.87. The molecule has 2 aromatic rings. The Morgan fingerprint density at radius 1 is 1.14 bits per heavy atom. The number of piperidine rings is 1. The van der Waals surface area contributed by atoms with E-state index in [-0.39, 0.29) is 17.3 Å². The van der Waals surface area contributed by atoms with Crippen LogP contribution in [-0.4, -0.2) is 45.9 Å². The van der Waals surface area contributed by atoms with Crippen LogP contribution in [0.1, 0.15) is 12.8 Å². The van der Waals surface area contributed by atoms with Gasteiger partial charge in [-0.1, -0.05) is 0 Å². The van der Waals surface area contributed by atoms with E-state index >= 15 is 0 Å². The van der Waals surface area contributed by atoms with Crippen molar-refractivity contribution in [3.8, 4) is 11.5 Å². The summed E-state index contributed by atoms with van der Waals surface area (Å²) in [7, 11) is -0.784. The first kappa shape index (κ1) is 21.1. The van der Waals surface area contributed by atoms with Crippen molar-refractivity contribution in [1.29, 1.82) is 0 Å². The van der Waals surface area contributed by atoms with E-state index in [2.05, 4.69) is 5.32 Å². The second-order valence-corrected chi connectivity index (χ2v) is 8.65. The zero-order chi connectivity index (χ0) is 21.0. The molecule has 1 fully saturated rings. The number of hydrogen-bond acceptors (Lipinski definition) is 5. The number of carbonyl (C=O) groups is 1. The van der Waals surface area contributed by atoms with Gasteiger partial charge in [0.2, 0.25) is 15.9 Å². The number of nitrogens with one attached hydrogen (secondary N) is 1. The minimum Gasteiger partial charge on any atom is -0.497 e. The van der Waals surface area contributed by atoms with Gasteiger partial charge in [0.1, 0.15) is 17.3 Å². The van der Waals surface area contributed by atoms with Crippen LogP contribution >= 0.6 is 0 Å². The molecule has 1 saturated heterocycles. The van der Waals surface area contributed by atoms with Gasteiger partial charge < -0.3 is 14.8 Å². The van der Waals surface area contributed by atoms with Gasteiger partial charge in [0.05, 0.1) is 30.7 Å². The first-order valence-electron chi connectivity index (χ1n) is 9.13. The van der Waals surface area contributed by atoms with Gasteiger partial charge >= 0.3 is 0 Å². The first-order valence-corrected chi connectivity index (χ1v) is 10.6. The van der Waals surface area contributed by atoms with Crippen molar-refractivity contribution in [2.24, 2.45) is 5.92 Å². The molecule has 0 aromatic heterocycles. The van der Waals surface area contributed by atoms with Crippen LogP contribution < -0.4 is 14.8 Å². The summed E-state index contributed by atoms with van der Waals surface area (Å²) >= 11 is 0. The molecule has 2 aromatic carbocycles. The van der Waals surface area contributed by atoms with Gasteiger partial charge in [0, 0.05) is 19.2 Å². The van der Waals surface area contributed by atoms with E-state index in [1.165, 1.54) is 30.7 Å². The van der Waals surface area contributed by atoms with Gasteiger partial charge in [-0.05, 0) is 49.2 Å². The van der Waals surface area contributed by atoms with Crippen LogP contribution in [0.15, 0.2) is 47.4 Å². The van der Waals surface area contributed by atoms with Gasteiger partial charge in [-0.15, -0.1) is 0 Å². The molecule has 29 heavy (non-hydrogen) atoms. The molecular formula is C20H23FN2O5S. The van der Waals surface area contributed by atoms with Crippen LogP contribution in [0.3, 0.4) is 0 Å². The number of ether oxygens (including phenoxy) is 2. The summed E-state index contributed by atoms with van der Waals surface area (Å²) in [6.07, 6.45) is 1.11. The van der Waals surface area contributed by atoms with Crippen LogP contribution in [0, 0.1) is 11.7 Å². The normalized spacial score (nSPS) is 17.6. The monoisotopic (exact) mass is 422 g/mol. The molecule has 1 aliphatic rings. The predicted molar refractivity (Wildman–Crippen MR) is 106 cm³/mol. The van der Waals surface area contributed by atoms with Gasteiger partial charge in [-0.25, -0.2) is 12.8 Å². The number of methoxy groups -OCH3 is 2. The molecule has 0 radical (unpaired) electrons. The highest BCUT2D eigenvalue weighted by atomic mass is 32.2. The molecule has 0 unspecified atom stereocenters. The minimum absolute atomic E-state index is 0.00873. The Bertz CT molecular complexity index is 979. The summed E-state index contributed by atoms with van der Waals surface area (Å²) < 4.78 is 50.5. The molecule has 0 spiro atoms. The number of nitrogens with zero attached hydrogens (tertiary/aromatic N) is 1. The van der Waals surface area contributed by atoms with E-state index in [1.807, 2.05) is 0 Å². The third-order valence-corrected chi connectivity index (χ3v) is 6.75. The first-order chi connectivity index (χ1) is 13.8. The highest BCUT2D eigenvalue weighted by Crippen LogP contribution is 2.31. The Labute approximate surface area is 169 Å². The molecule has 1 N–H and O–H groups in total. The number of amides is 1. The summed E-state index contributed by atoms with van der Waals surface area (Å²) in [6, 6.07) is 9.72. The van der Waals surface area contributed by atoms with Crippen molar-refractivity contribution in [1.82, 2.24) is 4.31 Å². The fourth-order valence-corrected chi connectivity index (χ4v) is 4.80. The van der Waals surface area contributed by atoms with Crippen LogP contribution in [0.5, 0.6) is 11.5 Å². The fraction of sp³-hybridized carbons (Fsp3) is 0.350. The molecule has 9 heteroatoms. The summed E-state index contributed by atoms with van der Waals surface area (Å²) in [5.41, 5.74) is 0.454. The maximum Gasteiger partial charge on any atom is 0.243 e. The molecule has 1 amide bonds. The number of rotatable bonds is 6. The number of carbonyl (C=O) groups excluding carboxylic acids is 1. The van der Waals surface area contributed by atoms with Crippen molar-refractivity contribution in [3.63, 3.8) is 0 Å². The largest absolute Gasteiger partial charge is 0.497 e. The molecule has 0 bridgehead atoms. The van der Waals surface area contributed by atoms with Crippen molar-refractivity contribution in [2.45, 2.75) is 17.7 Å². The fourth-order valence-electron chi connectivity index (χ4n) is 3.28. The number of anilines is 1. The number of benzene rings is 2. The van der Waals surface area contributed by atoms with Gasteiger partial charge in [0.25, 0.3) is 0 Å². The van der Waals surface area contributed by atoms with E-state index in [1.54, 1.807) is 18.2 Å². The molecule has 156 valence electrons. The highest BCUT2D eigenvalue weighted by Gasteiger charge is 2.33. The van der Waals surface area contributed by atoms with Crippen LogP contribution in [0.25, 0.3) is 0 Å². The molecule has 0 saturated carbocycles. The molecule has 1 aliphatic heterocycles. The van der Waals surface area contributed by atoms with Gasteiger partial charge in [0.15, 0.2) is 0 Å². The molecule has 1 heterocycles. The Balaban J connectivity index is 1.75. The number of halogens is 1. The van der Waals surface area contributed by atoms with E-state index in [0.717, 1.165) is 12.1 Å². The lowest BCUT2D eigenvalue weighted by Gasteiger charge is -2.31. The topological polar surface area (TPSA) is 84.9 Å². The lowest BCUT2D eigenvalue weighted by atomic mass is 9.98. The van der Waals surface area contributed by atoms with Crippen LogP contribution in [0.2, 0.25) is 0 Å². The summed E-state index contributed by atoms with van der Waals surface area (Å²) in [5.74, 6) is -0.284. The Morgan fingerprint density at radius 3 is 2.52 bits per heavy atom. The number of sulfonamides is 1. The second-order valence-electron chi connectivity index (χ2n) is 6.71. The van der Waals surface area contributed by atoms with Crippen molar-refractivity contribution in [3.05, 3.63) is 48.3 Å². The SMILES string of the molecule is COc1ccc(OC)c(NC(=O)[C@@H]2CCCN(S(=O)(=O)c3ccc(F)cc3)C2)c1. The lowest BCUT2D eigenvalue weighted by molar-refractivity contribution is -0.120. The molecule has 3 rings (SSSR count). The lowest BCUT2D eigenvalue weighted by Crippen LogP contribution is -2.43. The molecular weight excluding hydrogens is 399 g/mol. The highest BCUT2D eigenvalue weighted by molar-refractivity contribution is 7.89. The van der Waals surface area contributed by atoms with Gasteiger partial charge in [-0.3, -0.25) is 4.79 Å². The summed E-state index contributed by atoms with van der Waals surface area (Å²) in [6.45, 7) is 0.365. The van der Waals surface area contributed by atoms with Crippen LogP contribution in [-0.2, 0) is 14.8 Å². The zero-order valence-electron chi connectivity index (χ0n) is 16.2. The van der Waals surface area contributed by atoms with Crippen molar-refractivity contribution >= 4 is 21.6 Å². The van der Waals surface area contributed by atoms with E-state index in [0.29, 0.717) is 36.6 Å². The Morgan fingerprint density at radius 2 is 1.86 bits per heavy atom. The minimum atomic E-state index is -3.80. The van der Waals surface area contributed by atoms with Crippen molar-refractivity contribution in [2.75, 3.05) is 32.6 Å². The molecule has 7 nitrogen and oxygen atoms in total. The smallest absolute Gasteiger partial charge is 0.243 e. The third kappa shape index (κ3) is 4.68. The van der Waals surface area contributed by atoms with Gasteiger partial charge in [-0.2, -0.15) is 4.31 Å². The maximum absolute atomic E-state index is 13.1. The van der Waals surface area contributed by atoms with Crippen molar-refractivity contribution < 1.29 is 27.1 Å². The van der Waals surface area contributed by atoms with E-state index in [4.69, 9.17) is 9.47 Å². The summed E-state index contributed by atoms with van der Waals surface area (Å²) in [4.78, 5) is 12.8. The predicted octanol–water partition coefficient (Wildman–Crippen LogP) is 2.88. The molecule has 1 atom stereocenters. The average molecular weight is 422 g/mol. The van der Waals surface area contributed by atoms with E-state index < -0.39 is 21.8 Å². The second kappa shape index (κ2) is 8.79. The summed E-state index contributed by atoms with van der Waals surface area (Å²) in [5, 5.41) is 2.81.